The number of rotatable bonds is 7. The molecule has 3 rings (SSSR count). The smallest absolute Gasteiger partial charge is 0.251 e. The van der Waals surface area contributed by atoms with Gasteiger partial charge < -0.3 is 15.5 Å². The number of hydrogen-bond donors (Lipinski definition) is 2. The molecule has 154 valence electrons. The largest absolute Gasteiger partial charge is 0.357 e. The van der Waals surface area contributed by atoms with Crippen LogP contribution in [0.1, 0.15) is 33.9 Å². The van der Waals surface area contributed by atoms with Crippen molar-refractivity contribution in [3.8, 4) is 0 Å². The summed E-state index contributed by atoms with van der Waals surface area (Å²) in [5.41, 5.74) is 1.55. The quantitative estimate of drug-likeness (QED) is 0.655. The summed E-state index contributed by atoms with van der Waals surface area (Å²) >= 11 is 3.30. The Bertz CT molecular complexity index is 882. The Hall–Kier alpha value is -2.39. The number of likely N-dealkylation sites (tertiary alicyclic amines) is 1. The van der Waals surface area contributed by atoms with E-state index in [-0.39, 0.29) is 24.3 Å². The molecular formula is C20H24N4O3S2. The Morgan fingerprint density at radius 1 is 1.28 bits per heavy atom. The lowest BCUT2D eigenvalue weighted by Crippen LogP contribution is -2.48. The summed E-state index contributed by atoms with van der Waals surface area (Å²) in [6.07, 6.45) is 1.44. The van der Waals surface area contributed by atoms with Crippen LogP contribution in [0.15, 0.2) is 34.5 Å². The molecule has 1 fully saturated rings. The number of aryl methyl sites for hydroxylation is 1. The maximum atomic E-state index is 12.4. The predicted molar refractivity (Wildman–Crippen MR) is 114 cm³/mol. The molecule has 0 aliphatic carbocycles. The highest BCUT2D eigenvalue weighted by Crippen LogP contribution is 2.24. The monoisotopic (exact) mass is 432 g/mol. The molecule has 1 atom stereocenters. The van der Waals surface area contributed by atoms with Crippen molar-refractivity contribution in [2.75, 3.05) is 20.1 Å². The van der Waals surface area contributed by atoms with Gasteiger partial charge in [-0.3, -0.25) is 14.4 Å². The topological polar surface area (TPSA) is 91.4 Å². The molecule has 1 aliphatic rings. The van der Waals surface area contributed by atoms with Crippen molar-refractivity contribution in [1.29, 1.82) is 0 Å². The fourth-order valence-electron chi connectivity index (χ4n) is 3.20. The van der Waals surface area contributed by atoms with Gasteiger partial charge in [0.05, 0.1) is 17.2 Å². The highest BCUT2D eigenvalue weighted by Gasteiger charge is 2.33. The molecule has 1 aliphatic heterocycles. The van der Waals surface area contributed by atoms with E-state index in [4.69, 9.17) is 0 Å². The third-order valence-electron chi connectivity index (χ3n) is 4.69. The van der Waals surface area contributed by atoms with Crippen LogP contribution in [-0.4, -0.2) is 53.8 Å². The normalized spacial score (nSPS) is 15.9. The fraction of sp³-hybridized carbons (Fsp3) is 0.400. The van der Waals surface area contributed by atoms with Crippen LogP contribution in [0.3, 0.4) is 0 Å². The van der Waals surface area contributed by atoms with Crippen molar-refractivity contribution >= 4 is 40.8 Å². The van der Waals surface area contributed by atoms with Gasteiger partial charge in [0.2, 0.25) is 11.8 Å². The van der Waals surface area contributed by atoms with E-state index < -0.39 is 6.04 Å². The number of nitrogens with one attached hydrogen (secondary N) is 2. The van der Waals surface area contributed by atoms with Crippen molar-refractivity contribution < 1.29 is 14.4 Å². The van der Waals surface area contributed by atoms with E-state index in [1.165, 1.54) is 0 Å². The standard InChI is InChI=1S/C20H24N4O3S2/c1-13-23-15(11-28-13)12-29-16-7-5-14(6-8-16)19(26)22-10-18(25)24-9-3-4-17(24)20(27)21-2/h5-8,11,17H,3-4,9-10,12H2,1-2H3,(H,21,27)(H,22,26). The number of aromatic nitrogens is 1. The number of carbonyl (C=O) groups excluding carboxylic acids is 3. The summed E-state index contributed by atoms with van der Waals surface area (Å²) in [6, 6.07) is 6.84. The van der Waals surface area contributed by atoms with Gasteiger partial charge in [-0.2, -0.15) is 0 Å². The molecule has 7 nitrogen and oxygen atoms in total. The highest BCUT2D eigenvalue weighted by atomic mass is 32.2. The fourth-order valence-corrected chi connectivity index (χ4v) is 4.71. The zero-order valence-electron chi connectivity index (χ0n) is 16.4. The summed E-state index contributed by atoms with van der Waals surface area (Å²) in [4.78, 5) is 43.7. The lowest BCUT2D eigenvalue weighted by atomic mass is 10.2. The van der Waals surface area contributed by atoms with Crippen LogP contribution < -0.4 is 10.6 Å². The molecular weight excluding hydrogens is 408 g/mol. The van der Waals surface area contributed by atoms with E-state index in [0.717, 1.165) is 27.8 Å². The Morgan fingerprint density at radius 3 is 2.69 bits per heavy atom. The number of thioether (sulfide) groups is 1. The van der Waals surface area contributed by atoms with Gasteiger partial charge in [0.1, 0.15) is 6.04 Å². The van der Waals surface area contributed by atoms with Gasteiger partial charge in [-0.05, 0) is 44.0 Å². The lowest BCUT2D eigenvalue weighted by molar-refractivity contribution is -0.137. The van der Waals surface area contributed by atoms with Gasteiger partial charge in [0, 0.05) is 35.2 Å². The number of thiazole rings is 1. The molecule has 2 N–H and O–H groups in total. The Balaban J connectivity index is 1.49. The zero-order valence-corrected chi connectivity index (χ0v) is 18.1. The van der Waals surface area contributed by atoms with Crippen LogP contribution in [0.2, 0.25) is 0 Å². The molecule has 3 amide bonds. The van der Waals surface area contributed by atoms with Gasteiger partial charge in [0.15, 0.2) is 0 Å². The molecule has 1 saturated heterocycles. The highest BCUT2D eigenvalue weighted by molar-refractivity contribution is 7.98. The summed E-state index contributed by atoms with van der Waals surface area (Å²) in [7, 11) is 1.56. The Labute approximate surface area is 178 Å². The van der Waals surface area contributed by atoms with Crippen LogP contribution in [-0.2, 0) is 15.3 Å². The van der Waals surface area contributed by atoms with E-state index in [1.807, 2.05) is 19.1 Å². The van der Waals surface area contributed by atoms with Gasteiger partial charge in [-0.25, -0.2) is 4.98 Å². The number of benzene rings is 1. The number of carbonyl (C=O) groups is 3. The minimum absolute atomic E-state index is 0.119. The van der Waals surface area contributed by atoms with E-state index in [1.54, 1.807) is 47.2 Å². The van der Waals surface area contributed by atoms with Crippen LogP contribution in [0.5, 0.6) is 0 Å². The van der Waals surface area contributed by atoms with Crippen molar-refractivity contribution in [3.05, 3.63) is 45.9 Å². The maximum Gasteiger partial charge on any atom is 0.251 e. The SMILES string of the molecule is CNC(=O)C1CCCN1C(=O)CNC(=O)c1ccc(SCc2csc(C)n2)cc1. The van der Waals surface area contributed by atoms with Crippen LogP contribution >= 0.6 is 23.1 Å². The second kappa shape index (κ2) is 9.89. The third-order valence-corrected chi connectivity index (χ3v) is 6.56. The molecule has 1 unspecified atom stereocenters. The summed E-state index contributed by atoms with van der Waals surface area (Å²) in [5.74, 6) is 0.0752. The molecule has 2 heterocycles. The first-order valence-corrected chi connectivity index (χ1v) is 11.3. The average molecular weight is 433 g/mol. The van der Waals surface area contributed by atoms with Crippen molar-refractivity contribution in [2.45, 2.75) is 36.5 Å². The number of likely N-dealkylation sites (N-methyl/N-ethyl adjacent to an activating group) is 1. The zero-order chi connectivity index (χ0) is 20.8. The van der Waals surface area contributed by atoms with E-state index in [2.05, 4.69) is 21.0 Å². The molecule has 1 aromatic carbocycles. The van der Waals surface area contributed by atoms with E-state index in [0.29, 0.717) is 18.5 Å². The van der Waals surface area contributed by atoms with Crippen molar-refractivity contribution in [3.63, 3.8) is 0 Å². The van der Waals surface area contributed by atoms with Crippen molar-refractivity contribution in [2.24, 2.45) is 0 Å². The third kappa shape index (κ3) is 5.57. The first kappa shape index (κ1) is 21.3. The van der Waals surface area contributed by atoms with Gasteiger partial charge in [0.25, 0.3) is 5.91 Å². The molecule has 0 saturated carbocycles. The van der Waals surface area contributed by atoms with Crippen LogP contribution in [0, 0.1) is 6.92 Å². The van der Waals surface area contributed by atoms with Gasteiger partial charge >= 0.3 is 0 Å². The molecule has 29 heavy (non-hydrogen) atoms. The molecule has 0 radical (unpaired) electrons. The Morgan fingerprint density at radius 2 is 2.03 bits per heavy atom. The number of hydrogen-bond acceptors (Lipinski definition) is 6. The number of nitrogens with zero attached hydrogens (tertiary/aromatic N) is 2. The van der Waals surface area contributed by atoms with Crippen LogP contribution in [0.4, 0.5) is 0 Å². The predicted octanol–water partition coefficient (Wildman–Crippen LogP) is 2.21. The average Bonchev–Trinajstić information content (AvgIpc) is 3.39. The first-order chi connectivity index (χ1) is 14.0. The maximum absolute atomic E-state index is 12.4. The second-order valence-corrected chi connectivity index (χ2v) is 8.82. The van der Waals surface area contributed by atoms with Gasteiger partial charge in [-0.15, -0.1) is 23.1 Å². The second-order valence-electron chi connectivity index (χ2n) is 6.71. The Kier molecular flexibility index (Phi) is 7.27. The number of amides is 3. The van der Waals surface area contributed by atoms with E-state index >= 15 is 0 Å². The lowest BCUT2D eigenvalue weighted by Gasteiger charge is -2.23. The summed E-state index contributed by atoms with van der Waals surface area (Å²) in [5, 5.41) is 8.35. The minimum atomic E-state index is -0.442. The van der Waals surface area contributed by atoms with Gasteiger partial charge in [-0.1, -0.05) is 0 Å². The summed E-state index contributed by atoms with van der Waals surface area (Å²) < 4.78 is 0. The molecule has 9 heteroatoms. The molecule has 0 spiro atoms. The van der Waals surface area contributed by atoms with Crippen molar-refractivity contribution in [1.82, 2.24) is 20.5 Å². The molecule has 0 bridgehead atoms. The summed E-state index contributed by atoms with van der Waals surface area (Å²) in [6.45, 7) is 2.41. The van der Waals surface area contributed by atoms with Crippen LogP contribution in [0.25, 0.3) is 0 Å². The first-order valence-electron chi connectivity index (χ1n) is 9.41. The van der Waals surface area contributed by atoms with E-state index in [9.17, 15) is 14.4 Å². The molecule has 1 aromatic heterocycles. The molecule has 2 aromatic rings. The minimum Gasteiger partial charge on any atom is -0.357 e.